The molecule has 0 aliphatic heterocycles. The second-order valence-electron chi connectivity index (χ2n) is 4.77. The van der Waals surface area contributed by atoms with Crippen LogP contribution in [0, 0.1) is 0 Å². The number of rotatable bonds is 10. The first kappa shape index (κ1) is 18.4. The molecular weight excluding hydrogens is 308 g/mol. The van der Waals surface area contributed by atoms with Crippen LogP contribution < -0.4 is 10.0 Å². The third-order valence-electron chi connectivity index (χ3n) is 3.03. The molecule has 7 nitrogen and oxygen atoms in total. The Balaban J connectivity index is 2.95. The molecular formula is C14H22N2O5S. The molecule has 8 heteroatoms. The van der Waals surface area contributed by atoms with Gasteiger partial charge >= 0.3 is 5.97 Å². The number of aromatic carboxylic acids is 1. The summed E-state index contributed by atoms with van der Waals surface area (Å²) in [6, 6.07) is 3.85. The highest BCUT2D eigenvalue weighted by Gasteiger charge is 2.18. The molecule has 0 aromatic heterocycles. The number of benzene rings is 1. The van der Waals surface area contributed by atoms with Gasteiger partial charge < -0.3 is 15.5 Å². The van der Waals surface area contributed by atoms with Gasteiger partial charge in [-0.25, -0.2) is 17.9 Å². The Hall–Kier alpha value is -1.64. The zero-order valence-corrected chi connectivity index (χ0v) is 13.3. The number of carbonyl (C=O) groups is 1. The highest BCUT2D eigenvalue weighted by molar-refractivity contribution is 7.89. The van der Waals surface area contributed by atoms with Crippen molar-refractivity contribution in [3.05, 3.63) is 23.8 Å². The Morgan fingerprint density at radius 1 is 1.23 bits per heavy atom. The van der Waals surface area contributed by atoms with Crippen LogP contribution in [0.1, 0.15) is 36.5 Å². The van der Waals surface area contributed by atoms with Gasteiger partial charge in [0, 0.05) is 18.8 Å². The summed E-state index contributed by atoms with van der Waals surface area (Å²) in [5, 5.41) is 20.7. The highest BCUT2D eigenvalue weighted by atomic mass is 32.2. The van der Waals surface area contributed by atoms with Gasteiger partial charge in [0.05, 0.1) is 17.1 Å². The minimum atomic E-state index is -3.72. The van der Waals surface area contributed by atoms with Crippen LogP contribution in [0.4, 0.5) is 5.69 Å². The Morgan fingerprint density at radius 3 is 2.55 bits per heavy atom. The van der Waals surface area contributed by atoms with Crippen molar-refractivity contribution in [1.82, 2.24) is 4.72 Å². The van der Waals surface area contributed by atoms with Crippen LogP contribution >= 0.6 is 0 Å². The van der Waals surface area contributed by atoms with Gasteiger partial charge in [-0.2, -0.15) is 0 Å². The van der Waals surface area contributed by atoms with Crippen molar-refractivity contribution in [3.63, 3.8) is 0 Å². The van der Waals surface area contributed by atoms with Gasteiger partial charge in [-0.15, -0.1) is 0 Å². The van der Waals surface area contributed by atoms with E-state index in [2.05, 4.69) is 10.0 Å². The predicted octanol–water partition coefficient (Wildman–Crippen LogP) is 1.26. The molecule has 124 valence electrons. The van der Waals surface area contributed by atoms with Crippen LogP contribution in [0.2, 0.25) is 0 Å². The summed E-state index contributed by atoms with van der Waals surface area (Å²) in [7, 11) is -3.72. The van der Waals surface area contributed by atoms with Crippen LogP contribution in [0.15, 0.2) is 23.1 Å². The summed E-state index contributed by atoms with van der Waals surface area (Å²) in [6.07, 6.45) is 2.64. The lowest BCUT2D eigenvalue weighted by Gasteiger charge is -2.11. The van der Waals surface area contributed by atoms with E-state index in [1.54, 1.807) is 0 Å². The van der Waals surface area contributed by atoms with Crippen LogP contribution in [-0.2, 0) is 10.0 Å². The number of nitrogens with one attached hydrogen (secondary N) is 2. The predicted molar refractivity (Wildman–Crippen MR) is 83.7 cm³/mol. The van der Waals surface area contributed by atoms with Crippen LogP contribution in [0.25, 0.3) is 0 Å². The first-order chi connectivity index (χ1) is 10.4. The van der Waals surface area contributed by atoms with E-state index in [4.69, 9.17) is 5.11 Å². The molecule has 0 saturated carbocycles. The molecule has 4 N–H and O–H groups in total. The first-order valence-electron chi connectivity index (χ1n) is 7.14. The minimum Gasteiger partial charge on any atom is -0.478 e. The van der Waals surface area contributed by atoms with Gasteiger partial charge in [0.25, 0.3) is 0 Å². The fourth-order valence-corrected chi connectivity index (χ4v) is 2.98. The molecule has 0 radical (unpaired) electrons. The summed E-state index contributed by atoms with van der Waals surface area (Å²) in [5.41, 5.74) is 0.122. The number of aliphatic hydroxyl groups excluding tert-OH is 1. The van der Waals surface area contributed by atoms with Gasteiger partial charge in [-0.1, -0.05) is 19.8 Å². The van der Waals surface area contributed by atoms with Crippen LogP contribution in [-0.4, -0.2) is 44.3 Å². The second-order valence-corrected chi connectivity index (χ2v) is 6.53. The maximum absolute atomic E-state index is 12.1. The fraction of sp³-hybridized carbons (Fsp3) is 0.500. The van der Waals surface area contributed by atoms with E-state index in [0.29, 0.717) is 6.54 Å². The zero-order valence-electron chi connectivity index (χ0n) is 12.5. The number of hydrogen-bond acceptors (Lipinski definition) is 5. The largest absolute Gasteiger partial charge is 0.478 e. The average Bonchev–Trinajstić information content (AvgIpc) is 2.49. The number of carboxylic acid groups (broad SMARTS) is 1. The first-order valence-corrected chi connectivity index (χ1v) is 8.62. The Kier molecular flexibility index (Phi) is 7.30. The molecule has 0 aliphatic carbocycles. The number of carboxylic acids is 1. The van der Waals surface area contributed by atoms with Crippen LogP contribution in [0.3, 0.4) is 0 Å². The number of sulfonamides is 1. The standard InChI is InChI=1S/C14H22N2O5S/c1-2-3-4-7-16-22(20,21)11-5-6-13(15-8-9-17)12(10-11)14(18)19/h5-6,10,15-17H,2-4,7-9H2,1H3,(H,18,19). The maximum atomic E-state index is 12.1. The van der Waals surface area contributed by atoms with E-state index >= 15 is 0 Å². The van der Waals surface area contributed by atoms with Gasteiger partial charge in [0.1, 0.15) is 0 Å². The summed E-state index contributed by atoms with van der Waals surface area (Å²) in [4.78, 5) is 11.2. The van der Waals surface area contributed by atoms with E-state index in [9.17, 15) is 18.3 Å². The van der Waals surface area contributed by atoms with E-state index in [0.717, 1.165) is 25.3 Å². The highest BCUT2D eigenvalue weighted by Crippen LogP contribution is 2.20. The molecule has 22 heavy (non-hydrogen) atoms. The number of unbranched alkanes of at least 4 members (excludes halogenated alkanes) is 2. The Labute approximate surface area is 130 Å². The van der Waals surface area contributed by atoms with Gasteiger partial charge in [0.2, 0.25) is 10.0 Å². The number of anilines is 1. The molecule has 1 aromatic carbocycles. The topological polar surface area (TPSA) is 116 Å². The molecule has 1 rings (SSSR count). The van der Waals surface area contributed by atoms with Crippen LogP contribution in [0.5, 0.6) is 0 Å². The molecule has 0 unspecified atom stereocenters. The lowest BCUT2D eigenvalue weighted by atomic mass is 10.2. The van der Waals surface area contributed by atoms with Crippen molar-refractivity contribution < 1.29 is 23.4 Å². The lowest BCUT2D eigenvalue weighted by Crippen LogP contribution is -2.25. The second kappa shape index (κ2) is 8.72. The summed E-state index contributed by atoms with van der Waals surface area (Å²) < 4.78 is 26.7. The lowest BCUT2D eigenvalue weighted by molar-refractivity contribution is 0.0697. The molecule has 0 atom stereocenters. The van der Waals surface area contributed by atoms with E-state index in [1.807, 2.05) is 6.92 Å². The van der Waals surface area contributed by atoms with Crippen molar-refractivity contribution >= 4 is 21.7 Å². The van der Waals surface area contributed by atoms with Crippen molar-refractivity contribution in [2.75, 3.05) is 25.0 Å². The maximum Gasteiger partial charge on any atom is 0.337 e. The van der Waals surface area contributed by atoms with Crippen molar-refractivity contribution in [2.24, 2.45) is 0 Å². The molecule has 0 fully saturated rings. The third kappa shape index (κ3) is 5.28. The number of aliphatic hydroxyl groups is 1. The molecule has 0 aliphatic rings. The normalized spacial score (nSPS) is 11.4. The van der Waals surface area contributed by atoms with Crippen molar-refractivity contribution in [2.45, 2.75) is 31.1 Å². The smallest absolute Gasteiger partial charge is 0.337 e. The van der Waals surface area contributed by atoms with Gasteiger partial charge in [0.15, 0.2) is 0 Å². The summed E-state index contributed by atoms with van der Waals surface area (Å²) >= 11 is 0. The Morgan fingerprint density at radius 2 is 1.95 bits per heavy atom. The van der Waals surface area contributed by atoms with Crippen molar-refractivity contribution in [3.8, 4) is 0 Å². The van der Waals surface area contributed by atoms with E-state index in [-0.39, 0.29) is 29.3 Å². The Bertz CT molecular complexity index is 601. The fourth-order valence-electron chi connectivity index (χ4n) is 1.88. The van der Waals surface area contributed by atoms with Crippen molar-refractivity contribution in [1.29, 1.82) is 0 Å². The summed E-state index contributed by atoms with van der Waals surface area (Å²) in [5.74, 6) is -1.23. The molecule has 0 heterocycles. The molecule has 1 aromatic rings. The monoisotopic (exact) mass is 330 g/mol. The summed E-state index contributed by atoms with van der Waals surface area (Å²) in [6.45, 7) is 2.37. The third-order valence-corrected chi connectivity index (χ3v) is 4.49. The van der Waals surface area contributed by atoms with E-state index < -0.39 is 16.0 Å². The quantitative estimate of drug-likeness (QED) is 0.480. The molecule has 0 saturated heterocycles. The average molecular weight is 330 g/mol. The molecule has 0 spiro atoms. The SMILES string of the molecule is CCCCCNS(=O)(=O)c1ccc(NCCO)c(C(=O)O)c1. The molecule has 0 amide bonds. The zero-order chi connectivity index (χ0) is 16.6. The van der Waals surface area contributed by atoms with Gasteiger partial charge in [-0.3, -0.25) is 0 Å². The number of hydrogen-bond donors (Lipinski definition) is 4. The van der Waals surface area contributed by atoms with E-state index in [1.165, 1.54) is 12.1 Å². The minimum absolute atomic E-state index is 0.0871. The van der Waals surface area contributed by atoms with Gasteiger partial charge in [-0.05, 0) is 24.6 Å². The molecule has 0 bridgehead atoms.